The summed E-state index contributed by atoms with van der Waals surface area (Å²) in [5, 5.41) is 8.91. The van der Waals surface area contributed by atoms with Crippen LogP contribution in [-0.2, 0) is 27.7 Å². The number of nitrogens with one attached hydrogen (secondary N) is 1. The minimum Gasteiger partial charge on any atom is -0.312 e. The predicted molar refractivity (Wildman–Crippen MR) is 124 cm³/mol. The first kappa shape index (κ1) is 21.6. The van der Waals surface area contributed by atoms with E-state index in [0.29, 0.717) is 30.6 Å². The molecule has 0 radical (unpaired) electrons. The summed E-state index contributed by atoms with van der Waals surface area (Å²) in [6.07, 6.45) is 2.63. The summed E-state index contributed by atoms with van der Waals surface area (Å²) < 4.78 is 28.0. The number of benzene rings is 3. The highest BCUT2D eigenvalue weighted by Gasteiger charge is 2.23. The maximum Gasteiger partial charge on any atom is 0.261 e. The summed E-state index contributed by atoms with van der Waals surface area (Å²) in [5.41, 5.74) is 3.81. The number of hydrogen-bond acceptors (Lipinski definition) is 4. The maximum absolute atomic E-state index is 13.0. The standard InChI is InChI=1S/C25H23N3O3S/c26-18-20-10-8-19(9-11-20)12-15-25(29)28-16-4-5-21-13-14-22(17-24(21)28)27-32(30,31)23-6-2-1-3-7-23/h1-3,6-11,13-14,17,27H,4-5,12,15-16H2. The lowest BCUT2D eigenvalue weighted by molar-refractivity contribution is -0.118. The molecule has 1 aliphatic heterocycles. The predicted octanol–water partition coefficient (Wildman–Crippen LogP) is 4.27. The fraction of sp³-hybridized carbons (Fsp3) is 0.200. The molecule has 162 valence electrons. The Morgan fingerprint density at radius 2 is 1.78 bits per heavy atom. The third-order valence-corrected chi connectivity index (χ3v) is 6.92. The summed E-state index contributed by atoms with van der Waals surface area (Å²) in [5.74, 6) is -0.00150. The summed E-state index contributed by atoms with van der Waals surface area (Å²) in [6.45, 7) is 0.605. The van der Waals surface area contributed by atoms with Crippen molar-refractivity contribution in [2.45, 2.75) is 30.6 Å². The van der Waals surface area contributed by atoms with E-state index in [9.17, 15) is 13.2 Å². The van der Waals surface area contributed by atoms with Crippen molar-refractivity contribution in [3.63, 3.8) is 0 Å². The summed E-state index contributed by atoms with van der Waals surface area (Å²) in [7, 11) is -3.71. The monoisotopic (exact) mass is 445 g/mol. The number of nitrogens with zero attached hydrogens (tertiary/aromatic N) is 2. The second-order valence-corrected chi connectivity index (χ2v) is 9.40. The average Bonchev–Trinajstić information content (AvgIpc) is 2.82. The molecule has 7 heteroatoms. The van der Waals surface area contributed by atoms with Gasteiger partial charge in [-0.05, 0) is 66.8 Å². The lowest BCUT2D eigenvalue weighted by atomic mass is 10.00. The number of aryl methyl sites for hydroxylation is 2. The highest BCUT2D eigenvalue weighted by Crippen LogP contribution is 2.31. The van der Waals surface area contributed by atoms with Crippen LogP contribution in [0.15, 0.2) is 77.7 Å². The molecule has 1 N–H and O–H groups in total. The van der Waals surface area contributed by atoms with Crippen molar-refractivity contribution < 1.29 is 13.2 Å². The van der Waals surface area contributed by atoms with Gasteiger partial charge in [-0.25, -0.2) is 8.42 Å². The first-order chi connectivity index (χ1) is 15.5. The normalized spacial score (nSPS) is 13.2. The van der Waals surface area contributed by atoms with Gasteiger partial charge in [-0.2, -0.15) is 5.26 Å². The largest absolute Gasteiger partial charge is 0.312 e. The molecule has 3 aromatic rings. The van der Waals surface area contributed by atoms with Crippen molar-refractivity contribution in [3.05, 3.63) is 89.5 Å². The van der Waals surface area contributed by atoms with Gasteiger partial charge in [0.25, 0.3) is 10.0 Å². The van der Waals surface area contributed by atoms with Crippen LogP contribution in [0.5, 0.6) is 0 Å². The fourth-order valence-electron chi connectivity index (χ4n) is 3.84. The summed E-state index contributed by atoms with van der Waals surface area (Å²) in [6, 6.07) is 22.9. The number of rotatable bonds is 6. The zero-order chi connectivity index (χ0) is 22.6. The fourth-order valence-corrected chi connectivity index (χ4v) is 4.91. The van der Waals surface area contributed by atoms with Crippen LogP contribution in [-0.4, -0.2) is 20.9 Å². The van der Waals surface area contributed by atoms with Gasteiger partial charge in [0, 0.05) is 18.7 Å². The van der Waals surface area contributed by atoms with Crippen molar-refractivity contribution in [2.75, 3.05) is 16.2 Å². The van der Waals surface area contributed by atoms with Crippen LogP contribution in [0.4, 0.5) is 11.4 Å². The Balaban J connectivity index is 1.50. The number of sulfonamides is 1. The first-order valence-corrected chi connectivity index (χ1v) is 11.9. The molecule has 0 unspecified atom stereocenters. The lowest BCUT2D eigenvalue weighted by Gasteiger charge is -2.30. The van der Waals surface area contributed by atoms with E-state index in [2.05, 4.69) is 10.8 Å². The van der Waals surface area contributed by atoms with Gasteiger partial charge in [0.1, 0.15) is 0 Å². The molecule has 0 aromatic heterocycles. The average molecular weight is 446 g/mol. The molecule has 0 fully saturated rings. The van der Waals surface area contributed by atoms with E-state index < -0.39 is 10.0 Å². The molecule has 4 rings (SSSR count). The second-order valence-electron chi connectivity index (χ2n) is 7.72. The number of anilines is 2. The number of carbonyl (C=O) groups excluding carboxylic acids is 1. The van der Waals surface area contributed by atoms with Gasteiger partial charge < -0.3 is 4.90 Å². The van der Waals surface area contributed by atoms with Gasteiger partial charge in [-0.3, -0.25) is 9.52 Å². The van der Waals surface area contributed by atoms with E-state index >= 15 is 0 Å². The zero-order valence-electron chi connectivity index (χ0n) is 17.5. The van der Waals surface area contributed by atoms with Gasteiger partial charge in [-0.15, -0.1) is 0 Å². The van der Waals surface area contributed by atoms with Crippen LogP contribution in [0.25, 0.3) is 0 Å². The Morgan fingerprint density at radius 1 is 1.03 bits per heavy atom. The molecule has 0 saturated heterocycles. The number of fused-ring (bicyclic) bond motifs is 1. The van der Waals surface area contributed by atoms with Crippen LogP contribution in [0.3, 0.4) is 0 Å². The van der Waals surface area contributed by atoms with Gasteiger partial charge in [0.2, 0.25) is 5.91 Å². The molecular weight excluding hydrogens is 422 g/mol. The Hall–Kier alpha value is -3.63. The van der Waals surface area contributed by atoms with E-state index in [1.807, 2.05) is 18.2 Å². The molecular formula is C25H23N3O3S. The number of amides is 1. The van der Waals surface area contributed by atoms with Crippen molar-refractivity contribution >= 4 is 27.3 Å². The second kappa shape index (κ2) is 9.25. The SMILES string of the molecule is N#Cc1ccc(CCC(=O)N2CCCc3ccc(NS(=O)(=O)c4ccccc4)cc32)cc1. The molecule has 1 aliphatic rings. The van der Waals surface area contributed by atoms with Crippen LogP contribution in [0.1, 0.15) is 29.5 Å². The highest BCUT2D eigenvalue weighted by molar-refractivity contribution is 7.92. The van der Waals surface area contributed by atoms with Crippen LogP contribution >= 0.6 is 0 Å². The van der Waals surface area contributed by atoms with Gasteiger partial charge in [0.15, 0.2) is 0 Å². The third-order valence-electron chi connectivity index (χ3n) is 5.52. The molecule has 1 amide bonds. The lowest BCUT2D eigenvalue weighted by Crippen LogP contribution is -2.35. The first-order valence-electron chi connectivity index (χ1n) is 10.5. The third kappa shape index (κ3) is 4.82. The van der Waals surface area contributed by atoms with E-state index in [-0.39, 0.29) is 10.8 Å². The van der Waals surface area contributed by atoms with Gasteiger partial charge >= 0.3 is 0 Å². The topological polar surface area (TPSA) is 90.3 Å². The molecule has 0 saturated carbocycles. The van der Waals surface area contributed by atoms with Gasteiger partial charge in [-0.1, -0.05) is 36.4 Å². The number of carbonyl (C=O) groups is 1. The van der Waals surface area contributed by atoms with Crippen LogP contribution in [0.2, 0.25) is 0 Å². The van der Waals surface area contributed by atoms with Gasteiger partial charge in [0.05, 0.1) is 22.2 Å². The van der Waals surface area contributed by atoms with Crippen LogP contribution < -0.4 is 9.62 Å². The molecule has 0 aliphatic carbocycles. The maximum atomic E-state index is 13.0. The summed E-state index contributed by atoms with van der Waals surface area (Å²) >= 11 is 0. The molecule has 3 aromatic carbocycles. The molecule has 6 nitrogen and oxygen atoms in total. The molecule has 32 heavy (non-hydrogen) atoms. The van der Waals surface area contributed by atoms with Crippen molar-refractivity contribution in [1.82, 2.24) is 0 Å². The molecule has 0 spiro atoms. The molecule has 0 bridgehead atoms. The van der Waals surface area contributed by atoms with Crippen molar-refractivity contribution in [1.29, 1.82) is 5.26 Å². The minimum atomic E-state index is -3.71. The smallest absolute Gasteiger partial charge is 0.261 e. The zero-order valence-corrected chi connectivity index (χ0v) is 18.3. The quantitative estimate of drug-likeness (QED) is 0.613. The molecule has 0 atom stereocenters. The van der Waals surface area contributed by atoms with E-state index in [0.717, 1.165) is 29.7 Å². The van der Waals surface area contributed by atoms with Crippen molar-refractivity contribution in [2.24, 2.45) is 0 Å². The Labute approximate surface area is 188 Å². The molecule has 1 heterocycles. The number of nitriles is 1. The van der Waals surface area contributed by atoms with E-state index in [1.165, 1.54) is 0 Å². The van der Waals surface area contributed by atoms with Crippen molar-refractivity contribution in [3.8, 4) is 6.07 Å². The van der Waals surface area contributed by atoms with E-state index in [1.54, 1.807) is 59.5 Å². The Bertz CT molecular complexity index is 1260. The number of hydrogen-bond donors (Lipinski definition) is 1. The van der Waals surface area contributed by atoms with Crippen LogP contribution in [0, 0.1) is 11.3 Å². The van der Waals surface area contributed by atoms with E-state index in [4.69, 9.17) is 5.26 Å². The Kier molecular flexibility index (Phi) is 6.24. The summed E-state index contributed by atoms with van der Waals surface area (Å²) in [4.78, 5) is 15.0. The Morgan fingerprint density at radius 3 is 2.50 bits per heavy atom. The highest BCUT2D eigenvalue weighted by atomic mass is 32.2. The minimum absolute atomic E-state index is 0.00150.